The first-order valence-electron chi connectivity index (χ1n) is 6.59. The number of aromatic nitrogens is 1. The van der Waals surface area contributed by atoms with E-state index in [4.69, 9.17) is 0 Å². The van der Waals surface area contributed by atoms with Crippen LogP contribution in [0.2, 0.25) is 0 Å². The molecule has 0 radical (unpaired) electrons. The lowest BCUT2D eigenvalue weighted by Crippen LogP contribution is -2.14. The first-order chi connectivity index (χ1) is 9.13. The van der Waals surface area contributed by atoms with Gasteiger partial charge in [-0.05, 0) is 38.3 Å². The highest BCUT2D eigenvalue weighted by Crippen LogP contribution is 2.29. The minimum atomic E-state index is -0.164. The fourth-order valence-corrected chi connectivity index (χ4v) is 2.98. The van der Waals surface area contributed by atoms with E-state index in [0.717, 1.165) is 22.8 Å². The van der Waals surface area contributed by atoms with Crippen molar-refractivity contribution in [3.05, 3.63) is 40.2 Å². The zero-order chi connectivity index (χ0) is 13.4. The van der Waals surface area contributed by atoms with Gasteiger partial charge in [-0.3, -0.25) is 0 Å². The molecule has 0 aliphatic heterocycles. The molecule has 0 bridgehead atoms. The van der Waals surface area contributed by atoms with Crippen LogP contribution in [0.4, 0.5) is 4.39 Å². The van der Waals surface area contributed by atoms with Gasteiger partial charge in [-0.1, -0.05) is 12.1 Å². The van der Waals surface area contributed by atoms with Crippen LogP contribution in [0.1, 0.15) is 29.0 Å². The Bertz CT molecular complexity index is 602. The highest BCUT2D eigenvalue weighted by molar-refractivity contribution is 7.15. The smallest absolute Gasteiger partial charge is 0.126 e. The molecule has 1 N–H and O–H groups in total. The van der Waals surface area contributed by atoms with E-state index >= 15 is 0 Å². The van der Waals surface area contributed by atoms with Gasteiger partial charge < -0.3 is 5.32 Å². The number of thiazole rings is 1. The molecule has 1 saturated carbocycles. The van der Waals surface area contributed by atoms with E-state index in [9.17, 15) is 4.39 Å². The molecule has 2 nitrogen and oxygen atoms in total. The van der Waals surface area contributed by atoms with Crippen LogP contribution < -0.4 is 5.32 Å². The fourth-order valence-electron chi connectivity index (χ4n) is 1.97. The Morgan fingerprint density at radius 2 is 2.16 bits per heavy atom. The average molecular weight is 276 g/mol. The largest absolute Gasteiger partial charge is 0.309 e. The van der Waals surface area contributed by atoms with Crippen molar-refractivity contribution in [3.8, 4) is 10.6 Å². The van der Waals surface area contributed by atoms with E-state index in [1.165, 1.54) is 17.7 Å². The summed E-state index contributed by atoms with van der Waals surface area (Å²) >= 11 is 1.66. The van der Waals surface area contributed by atoms with Gasteiger partial charge in [-0.2, -0.15) is 0 Å². The van der Waals surface area contributed by atoms with Gasteiger partial charge in [0, 0.05) is 23.0 Å². The van der Waals surface area contributed by atoms with Crippen molar-refractivity contribution in [3.63, 3.8) is 0 Å². The van der Waals surface area contributed by atoms with Crippen molar-refractivity contribution in [2.24, 2.45) is 0 Å². The van der Waals surface area contributed by atoms with Gasteiger partial charge in [0.15, 0.2) is 0 Å². The Kier molecular flexibility index (Phi) is 3.37. The molecule has 2 aromatic rings. The summed E-state index contributed by atoms with van der Waals surface area (Å²) < 4.78 is 13.6. The second-order valence-corrected chi connectivity index (χ2v) is 6.23. The molecule has 0 unspecified atom stereocenters. The Morgan fingerprint density at radius 3 is 2.84 bits per heavy atom. The lowest BCUT2D eigenvalue weighted by molar-refractivity contribution is 0.619. The molecule has 1 aromatic carbocycles. The molecule has 0 atom stereocenters. The number of halogens is 1. The van der Waals surface area contributed by atoms with Crippen molar-refractivity contribution < 1.29 is 4.39 Å². The molecule has 19 heavy (non-hydrogen) atoms. The molecule has 3 rings (SSSR count). The van der Waals surface area contributed by atoms with E-state index in [0.29, 0.717) is 11.6 Å². The number of rotatable bonds is 4. The van der Waals surface area contributed by atoms with Crippen LogP contribution >= 0.6 is 11.3 Å². The van der Waals surface area contributed by atoms with E-state index in [-0.39, 0.29) is 5.82 Å². The zero-order valence-corrected chi connectivity index (χ0v) is 12.0. The molecule has 1 aliphatic carbocycles. The van der Waals surface area contributed by atoms with Crippen molar-refractivity contribution in [2.45, 2.75) is 39.3 Å². The predicted molar refractivity (Wildman–Crippen MR) is 76.8 cm³/mol. The first-order valence-corrected chi connectivity index (χ1v) is 7.41. The summed E-state index contributed by atoms with van der Waals surface area (Å²) in [5.74, 6) is -0.164. The molecule has 0 saturated heterocycles. The number of hydrogen-bond acceptors (Lipinski definition) is 3. The molecule has 100 valence electrons. The van der Waals surface area contributed by atoms with E-state index in [1.54, 1.807) is 24.3 Å². The number of nitrogens with zero attached hydrogens (tertiary/aromatic N) is 1. The van der Waals surface area contributed by atoms with Crippen molar-refractivity contribution in [1.29, 1.82) is 0 Å². The highest BCUT2D eigenvalue weighted by Gasteiger charge is 2.21. The number of nitrogens with one attached hydrogen (secondary N) is 1. The van der Waals surface area contributed by atoms with Crippen LogP contribution in [0.15, 0.2) is 18.2 Å². The average Bonchev–Trinajstić information content (AvgIpc) is 3.14. The molecule has 1 fully saturated rings. The number of hydrogen-bond donors (Lipinski definition) is 1. The second kappa shape index (κ2) is 5.02. The molecule has 1 heterocycles. The van der Waals surface area contributed by atoms with Crippen molar-refractivity contribution in [1.82, 2.24) is 10.3 Å². The Balaban J connectivity index is 1.83. The summed E-state index contributed by atoms with van der Waals surface area (Å²) in [6.07, 6.45) is 2.57. The molecular weight excluding hydrogens is 259 g/mol. The van der Waals surface area contributed by atoms with Crippen LogP contribution in [-0.4, -0.2) is 11.0 Å². The van der Waals surface area contributed by atoms with E-state index < -0.39 is 0 Å². The molecule has 4 heteroatoms. The lowest BCUT2D eigenvalue weighted by atomic mass is 10.1. The molecule has 1 aromatic heterocycles. The maximum absolute atomic E-state index is 13.6. The summed E-state index contributed by atoms with van der Waals surface area (Å²) in [5, 5.41) is 4.40. The van der Waals surface area contributed by atoms with Crippen LogP contribution in [0, 0.1) is 19.7 Å². The van der Waals surface area contributed by atoms with Gasteiger partial charge in [0.05, 0.1) is 5.69 Å². The van der Waals surface area contributed by atoms with Gasteiger partial charge >= 0.3 is 0 Å². The van der Waals surface area contributed by atoms with Gasteiger partial charge in [0.1, 0.15) is 10.8 Å². The van der Waals surface area contributed by atoms with E-state index in [2.05, 4.69) is 10.3 Å². The normalized spacial score (nSPS) is 14.9. The summed E-state index contributed by atoms with van der Waals surface area (Å²) in [4.78, 5) is 5.81. The van der Waals surface area contributed by atoms with Crippen LogP contribution in [-0.2, 0) is 6.54 Å². The minimum absolute atomic E-state index is 0.164. The SMILES string of the molecule is Cc1ccc(-c2nc(C)c(CNC3CC3)s2)cc1F. The van der Waals surface area contributed by atoms with Gasteiger partial charge in [0.25, 0.3) is 0 Å². The molecule has 0 spiro atoms. The summed E-state index contributed by atoms with van der Waals surface area (Å²) in [7, 11) is 0. The zero-order valence-electron chi connectivity index (χ0n) is 11.2. The molecule has 1 aliphatic rings. The fraction of sp³-hybridized carbons (Fsp3) is 0.400. The quantitative estimate of drug-likeness (QED) is 0.918. The van der Waals surface area contributed by atoms with Crippen molar-refractivity contribution in [2.75, 3.05) is 0 Å². The highest BCUT2D eigenvalue weighted by atomic mass is 32.1. The van der Waals surface area contributed by atoms with Gasteiger partial charge in [-0.25, -0.2) is 9.37 Å². The minimum Gasteiger partial charge on any atom is -0.309 e. The van der Waals surface area contributed by atoms with E-state index in [1.807, 2.05) is 19.1 Å². The summed E-state index contributed by atoms with van der Waals surface area (Å²) in [6.45, 7) is 4.67. The van der Waals surface area contributed by atoms with Crippen molar-refractivity contribution >= 4 is 11.3 Å². The third-order valence-electron chi connectivity index (χ3n) is 3.44. The Hall–Kier alpha value is -1.26. The summed E-state index contributed by atoms with van der Waals surface area (Å²) in [6, 6.07) is 6.02. The maximum Gasteiger partial charge on any atom is 0.126 e. The third-order valence-corrected chi connectivity index (χ3v) is 4.65. The van der Waals surface area contributed by atoms with Crippen LogP contribution in [0.5, 0.6) is 0 Å². The Morgan fingerprint density at radius 1 is 1.37 bits per heavy atom. The predicted octanol–water partition coefficient (Wildman–Crippen LogP) is 3.82. The molecule has 0 amide bonds. The number of aryl methyl sites for hydroxylation is 2. The molecular formula is C15H17FN2S. The standard InChI is InChI=1S/C15H17FN2S/c1-9-3-4-11(7-13(9)16)15-18-10(2)14(19-15)8-17-12-5-6-12/h3-4,7,12,17H,5-6,8H2,1-2H3. The van der Waals surface area contributed by atoms with Crippen LogP contribution in [0.25, 0.3) is 10.6 Å². The Labute approximate surface area is 116 Å². The van der Waals surface area contributed by atoms with Crippen LogP contribution in [0.3, 0.4) is 0 Å². The maximum atomic E-state index is 13.6. The summed E-state index contributed by atoms with van der Waals surface area (Å²) in [5.41, 5.74) is 2.59. The van der Waals surface area contributed by atoms with Gasteiger partial charge in [0.2, 0.25) is 0 Å². The second-order valence-electron chi connectivity index (χ2n) is 5.15. The first kappa shape index (κ1) is 12.8. The van der Waals surface area contributed by atoms with Gasteiger partial charge in [-0.15, -0.1) is 11.3 Å². The lowest BCUT2D eigenvalue weighted by Gasteiger charge is -2.00. The monoisotopic (exact) mass is 276 g/mol. The topological polar surface area (TPSA) is 24.9 Å². The number of benzene rings is 1. The third kappa shape index (κ3) is 2.85.